The minimum atomic E-state index is -0.250. The van der Waals surface area contributed by atoms with E-state index in [0.29, 0.717) is 17.7 Å². The molecular weight excluding hydrogens is 256 g/mol. The van der Waals surface area contributed by atoms with Gasteiger partial charge < -0.3 is 16.0 Å². The Morgan fingerprint density at radius 2 is 2.25 bits per heavy atom. The molecule has 6 heteroatoms. The molecule has 3 N–H and O–H groups in total. The zero-order valence-electron chi connectivity index (χ0n) is 11.6. The van der Waals surface area contributed by atoms with Gasteiger partial charge in [0.25, 0.3) is 5.91 Å². The standard InChI is InChI=1S/C14H18N4O2/c1-3-18(10-13(19)16-2)14(20)12-6-8-17-9-11(12)5-4-7-15/h6,8-9H,3,7,10,15H2,1-2H3,(H,16,19). The van der Waals surface area contributed by atoms with E-state index in [4.69, 9.17) is 5.73 Å². The summed E-state index contributed by atoms with van der Waals surface area (Å²) in [7, 11) is 1.53. The third-order valence-corrected chi connectivity index (χ3v) is 2.66. The fourth-order valence-electron chi connectivity index (χ4n) is 1.58. The maximum Gasteiger partial charge on any atom is 0.255 e. The number of hydrogen-bond donors (Lipinski definition) is 2. The number of rotatable bonds is 4. The number of likely N-dealkylation sites (N-methyl/N-ethyl adjacent to an activating group) is 2. The summed E-state index contributed by atoms with van der Waals surface area (Å²) in [4.78, 5) is 29.2. The van der Waals surface area contributed by atoms with Crippen molar-refractivity contribution in [3.05, 3.63) is 29.6 Å². The average molecular weight is 274 g/mol. The van der Waals surface area contributed by atoms with E-state index in [1.807, 2.05) is 6.92 Å². The molecule has 6 nitrogen and oxygen atoms in total. The van der Waals surface area contributed by atoms with E-state index in [9.17, 15) is 9.59 Å². The Hall–Kier alpha value is -2.39. The van der Waals surface area contributed by atoms with Gasteiger partial charge in [0.15, 0.2) is 0 Å². The van der Waals surface area contributed by atoms with E-state index >= 15 is 0 Å². The lowest BCUT2D eigenvalue weighted by Crippen LogP contribution is -2.39. The zero-order valence-corrected chi connectivity index (χ0v) is 11.6. The minimum absolute atomic E-state index is 0.0118. The summed E-state index contributed by atoms with van der Waals surface area (Å²) in [5.41, 5.74) is 6.27. The van der Waals surface area contributed by atoms with Gasteiger partial charge in [0.1, 0.15) is 0 Å². The summed E-state index contributed by atoms with van der Waals surface area (Å²) in [6.45, 7) is 2.46. The monoisotopic (exact) mass is 274 g/mol. The molecular formula is C14H18N4O2. The maximum atomic E-state index is 12.4. The minimum Gasteiger partial charge on any atom is -0.358 e. The Labute approximate surface area is 118 Å². The molecule has 0 saturated heterocycles. The topological polar surface area (TPSA) is 88.3 Å². The van der Waals surface area contributed by atoms with Gasteiger partial charge >= 0.3 is 0 Å². The van der Waals surface area contributed by atoms with Crippen LogP contribution in [0.5, 0.6) is 0 Å². The second-order valence-electron chi connectivity index (χ2n) is 3.92. The third-order valence-electron chi connectivity index (χ3n) is 2.66. The lowest BCUT2D eigenvalue weighted by molar-refractivity contribution is -0.121. The quantitative estimate of drug-likeness (QED) is 0.731. The maximum absolute atomic E-state index is 12.4. The predicted molar refractivity (Wildman–Crippen MR) is 75.8 cm³/mol. The van der Waals surface area contributed by atoms with Gasteiger partial charge in [-0.1, -0.05) is 11.8 Å². The van der Waals surface area contributed by atoms with Gasteiger partial charge in [-0.3, -0.25) is 14.6 Å². The highest BCUT2D eigenvalue weighted by atomic mass is 16.2. The van der Waals surface area contributed by atoms with Crippen LogP contribution in [0.25, 0.3) is 0 Å². The summed E-state index contributed by atoms with van der Waals surface area (Å²) in [5, 5.41) is 2.50. The van der Waals surface area contributed by atoms with Crippen LogP contribution in [0.15, 0.2) is 18.5 Å². The Morgan fingerprint density at radius 1 is 1.50 bits per heavy atom. The molecule has 106 valence electrons. The molecule has 0 unspecified atom stereocenters. The van der Waals surface area contributed by atoms with E-state index in [1.165, 1.54) is 24.3 Å². The SMILES string of the molecule is CCN(CC(=O)NC)C(=O)c1ccncc1C#CCN. The lowest BCUT2D eigenvalue weighted by Gasteiger charge is -2.20. The molecule has 0 fully saturated rings. The highest BCUT2D eigenvalue weighted by molar-refractivity contribution is 5.98. The molecule has 1 rings (SSSR count). The first-order valence-electron chi connectivity index (χ1n) is 6.26. The van der Waals surface area contributed by atoms with Crippen molar-refractivity contribution in [1.29, 1.82) is 0 Å². The fourth-order valence-corrected chi connectivity index (χ4v) is 1.58. The first kappa shape index (κ1) is 15.7. The van der Waals surface area contributed by atoms with Crippen LogP contribution in [0.2, 0.25) is 0 Å². The van der Waals surface area contributed by atoms with Crippen molar-refractivity contribution < 1.29 is 9.59 Å². The van der Waals surface area contributed by atoms with Crippen molar-refractivity contribution in [1.82, 2.24) is 15.2 Å². The molecule has 1 aromatic heterocycles. The number of carbonyl (C=O) groups excluding carboxylic acids is 2. The van der Waals surface area contributed by atoms with Crippen molar-refractivity contribution in [3.63, 3.8) is 0 Å². The Bertz CT molecular complexity index is 546. The van der Waals surface area contributed by atoms with Crippen LogP contribution >= 0.6 is 0 Å². The van der Waals surface area contributed by atoms with Gasteiger partial charge in [-0.25, -0.2) is 0 Å². The van der Waals surface area contributed by atoms with Crippen LogP contribution in [0.1, 0.15) is 22.8 Å². The Kier molecular flexibility index (Phi) is 6.20. The molecule has 0 bridgehead atoms. The highest BCUT2D eigenvalue weighted by Gasteiger charge is 2.19. The first-order chi connectivity index (χ1) is 9.63. The summed E-state index contributed by atoms with van der Waals surface area (Å²) in [6.07, 6.45) is 3.04. The molecule has 0 aliphatic rings. The zero-order chi connectivity index (χ0) is 15.0. The molecule has 2 amide bonds. The van der Waals surface area contributed by atoms with Crippen LogP contribution < -0.4 is 11.1 Å². The number of amides is 2. The largest absolute Gasteiger partial charge is 0.358 e. The van der Waals surface area contributed by atoms with Crippen molar-refractivity contribution >= 4 is 11.8 Å². The van der Waals surface area contributed by atoms with Gasteiger partial charge in [0.2, 0.25) is 5.91 Å². The second-order valence-corrected chi connectivity index (χ2v) is 3.92. The van der Waals surface area contributed by atoms with Gasteiger partial charge in [0, 0.05) is 26.0 Å². The summed E-state index contributed by atoms with van der Waals surface area (Å²) in [5.74, 6) is 5.04. The van der Waals surface area contributed by atoms with Crippen LogP contribution in [0.3, 0.4) is 0 Å². The predicted octanol–water partition coefficient (Wildman–Crippen LogP) is -0.400. The summed E-state index contributed by atoms with van der Waals surface area (Å²) in [6, 6.07) is 1.59. The number of aromatic nitrogens is 1. The van der Waals surface area contributed by atoms with Crippen LogP contribution in [0.4, 0.5) is 0 Å². The molecule has 0 atom stereocenters. The molecule has 0 aliphatic heterocycles. The van der Waals surface area contributed by atoms with Crippen LogP contribution in [0, 0.1) is 11.8 Å². The number of nitrogens with one attached hydrogen (secondary N) is 1. The second kappa shape index (κ2) is 7.92. The first-order valence-corrected chi connectivity index (χ1v) is 6.26. The smallest absolute Gasteiger partial charge is 0.255 e. The van der Waals surface area contributed by atoms with E-state index in [0.717, 1.165) is 0 Å². The fraction of sp³-hybridized carbons (Fsp3) is 0.357. The Balaban J connectivity index is 3.03. The number of pyridine rings is 1. The Morgan fingerprint density at radius 3 is 2.85 bits per heavy atom. The molecule has 20 heavy (non-hydrogen) atoms. The molecule has 0 spiro atoms. The number of hydrogen-bond acceptors (Lipinski definition) is 4. The molecule has 1 aromatic rings. The number of nitrogens with two attached hydrogens (primary N) is 1. The van der Waals surface area contributed by atoms with E-state index in [2.05, 4.69) is 22.1 Å². The molecule has 0 aromatic carbocycles. The normalized spacial score (nSPS) is 9.35. The van der Waals surface area contributed by atoms with Crippen molar-refractivity contribution in [3.8, 4) is 11.8 Å². The van der Waals surface area contributed by atoms with Crippen molar-refractivity contribution in [2.75, 3.05) is 26.7 Å². The van der Waals surface area contributed by atoms with E-state index in [-0.39, 0.29) is 24.9 Å². The summed E-state index contributed by atoms with van der Waals surface area (Å²) < 4.78 is 0. The van der Waals surface area contributed by atoms with E-state index < -0.39 is 0 Å². The van der Waals surface area contributed by atoms with Gasteiger partial charge in [0.05, 0.1) is 24.2 Å². The van der Waals surface area contributed by atoms with Crippen molar-refractivity contribution in [2.24, 2.45) is 5.73 Å². The van der Waals surface area contributed by atoms with Crippen LogP contribution in [-0.2, 0) is 4.79 Å². The molecule has 0 aliphatic carbocycles. The lowest BCUT2D eigenvalue weighted by atomic mass is 10.1. The average Bonchev–Trinajstić information content (AvgIpc) is 2.49. The van der Waals surface area contributed by atoms with Crippen LogP contribution in [-0.4, -0.2) is 48.4 Å². The molecule has 0 radical (unpaired) electrons. The highest BCUT2D eigenvalue weighted by Crippen LogP contribution is 2.09. The third kappa shape index (κ3) is 4.07. The van der Waals surface area contributed by atoms with E-state index in [1.54, 1.807) is 6.07 Å². The number of nitrogens with zero attached hydrogens (tertiary/aromatic N) is 2. The van der Waals surface area contributed by atoms with Crippen molar-refractivity contribution in [2.45, 2.75) is 6.92 Å². The molecule has 1 heterocycles. The molecule has 0 saturated carbocycles. The van der Waals surface area contributed by atoms with Gasteiger partial charge in [-0.2, -0.15) is 0 Å². The van der Waals surface area contributed by atoms with Gasteiger partial charge in [-0.05, 0) is 13.0 Å². The number of carbonyl (C=O) groups is 2. The van der Waals surface area contributed by atoms with Gasteiger partial charge in [-0.15, -0.1) is 0 Å². The summed E-state index contributed by atoms with van der Waals surface area (Å²) >= 11 is 0.